The van der Waals surface area contributed by atoms with Gasteiger partial charge in [-0.3, -0.25) is 0 Å². The van der Waals surface area contributed by atoms with E-state index in [0.29, 0.717) is 0 Å². The Hall–Kier alpha value is -2.08. The van der Waals surface area contributed by atoms with E-state index in [-0.39, 0.29) is 0 Å². The first-order chi connectivity index (χ1) is 8.93. The van der Waals surface area contributed by atoms with Crippen LogP contribution in [0.15, 0.2) is 60.7 Å². The smallest absolute Gasteiger partial charge is 0.00704 e. The Kier molecular flexibility index (Phi) is 2.04. The predicted octanol–water partition coefficient (Wildman–Crippen LogP) is 4.61. The zero-order valence-corrected chi connectivity index (χ0v) is 10.2. The first-order valence-electron chi connectivity index (χ1n) is 6.52. The molecule has 0 aromatic heterocycles. The lowest BCUT2D eigenvalue weighted by Crippen LogP contribution is -2.04. The average molecular weight is 230 g/mol. The largest absolute Gasteiger partial charge is 0.0620 e. The summed E-state index contributed by atoms with van der Waals surface area (Å²) in [6.07, 6.45) is 2.33. The third-order valence-corrected chi connectivity index (χ3v) is 3.97. The van der Waals surface area contributed by atoms with Crippen molar-refractivity contribution in [2.24, 2.45) is 0 Å². The summed E-state index contributed by atoms with van der Waals surface area (Å²) in [6, 6.07) is 22.1. The van der Waals surface area contributed by atoms with Gasteiger partial charge in [0, 0.05) is 0 Å². The van der Waals surface area contributed by atoms with Crippen molar-refractivity contribution in [1.82, 2.24) is 0 Å². The highest BCUT2D eigenvalue weighted by atomic mass is 14.2. The number of fused-ring (bicyclic) bond motifs is 5. The molecule has 0 saturated carbocycles. The lowest BCUT2D eigenvalue weighted by molar-refractivity contribution is 0.945. The van der Waals surface area contributed by atoms with Gasteiger partial charge in [0.05, 0.1) is 0 Å². The fraction of sp³-hybridized carbons (Fsp3) is 0.111. The maximum Gasteiger partial charge on any atom is -0.00704 e. The summed E-state index contributed by atoms with van der Waals surface area (Å²) in [7, 11) is 0. The molecule has 3 aromatic rings. The molecule has 0 fully saturated rings. The third kappa shape index (κ3) is 1.32. The quantitative estimate of drug-likeness (QED) is 0.529. The first-order valence-corrected chi connectivity index (χ1v) is 6.52. The Balaban J connectivity index is 2.15. The normalized spacial score (nSPS) is 13.1. The number of aryl methyl sites for hydroxylation is 2. The zero-order valence-electron chi connectivity index (χ0n) is 10.2. The van der Waals surface area contributed by atoms with Crippen LogP contribution in [0.2, 0.25) is 0 Å². The van der Waals surface area contributed by atoms with E-state index in [4.69, 9.17) is 0 Å². The van der Waals surface area contributed by atoms with E-state index in [0.717, 1.165) is 6.42 Å². The van der Waals surface area contributed by atoms with Crippen LogP contribution in [0.3, 0.4) is 0 Å². The van der Waals surface area contributed by atoms with Crippen LogP contribution >= 0.6 is 0 Å². The summed E-state index contributed by atoms with van der Waals surface area (Å²) in [5, 5.41) is 2.73. The summed E-state index contributed by atoms with van der Waals surface area (Å²) in [6.45, 7) is 0. The Labute approximate surface area is 107 Å². The average Bonchev–Trinajstić information content (AvgIpc) is 2.46. The highest BCUT2D eigenvalue weighted by Gasteiger charge is 2.17. The molecule has 18 heavy (non-hydrogen) atoms. The van der Waals surface area contributed by atoms with E-state index in [1.165, 1.54) is 39.4 Å². The summed E-state index contributed by atoms with van der Waals surface area (Å²) in [4.78, 5) is 0. The number of rotatable bonds is 0. The molecule has 86 valence electrons. The van der Waals surface area contributed by atoms with Gasteiger partial charge in [0.2, 0.25) is 0 Å². The maximum absolute atomic E-state index is 2.30. The van der Waals surface area contributed by atoms with Crippen LogP contribution in [0.5, 0.6) is 0 Å². The molecule has 0 heterocycles. The monoisotopic (exact) mass is 230 g/mol. The van der Waals surface area contributed by atoms with Gasteiger partial charge >= 0.3 is 0 Å². The van der Waals surface area contributed by atoms with E-state index >= 15 is 0 Å². The van der Waals surface area contributed by atoms with Crippen molar-refractivity contribution < 1.29 is 0 Å². The van der Waals surface area contributed by atoms with Gasteiger partial charge in [0.15, 0.2) is 0 Å². The zero-order chi connectivity index (χ0) is 11.9. The summed E-state index contributed by atoms with van der Waals surface area (Å²) >= 11 is 0. The third-order valence-electron chi connectivity index (χ3n) is 3.97. The van der Waals surface area contributed by atoms with Gasteiger partial charge in [-0.05, 0) is 45.9 Å². The van der Waals surface area contributed by atoms with Gasteiger partial charge in [-0.25, -0.2) is 0 Å². The second kappa shape index (κ2) is 3.71. The second-order valence-corrected chi connectivity index (χ2v) is 4.98. The molecular weight excluding hydrogens is 216 g/mol. The van der Waals surface area contributed by atoms with Crippen molar-refractivity contribution >= 4 is 10.8 Å². The standard InChI is InChI=1S/C18H14/c1-3-7-16-13(5-1)9-11-15-12-10-14-6-2-4-8-17(14)18(15)16/h1-9,11H,10,12H2. The molecule has 1 aliphatic rings. The second-order valence-electron chi connectivity index (χ2n) is 4.98. The SMILES string of the molecule is c1ccc2c(c1)CCc1ccc3ccccc3c1-2. The van der Waals surface area contributed by atoms with Gasteiger partial charge in [0.25, 0.3) is 0 Å². The lowest BCUT2D eigenvalue weighted by Gasteiger charge is -2.21. The van der Waals surface area contributed by atoms with Crippen LogP contribution in [-0.2, 0) is 12.8 Å². The van der Waals surface area contributed by atoms with Crippen LogP contribution in [-0.4, -0.2) is 0 Å². The van der Waals surface area contributed by atoms with E-state index in [1.54, 1.807) is 0 Å². The Morgan fingerprint density at radius 1 is 0.611 bits per heavy atom. The van der Waals surface area contributed by atoms with Crippen molar-refractivity contribution in [2.45, 2.75) is 12.8 Å². The van der Waals surface area contributed by atoms with Crippen molar-refractivity contribution in [1.29, 1.82) is 0 Å². The maximum atomic E-state index is 2.30. The molecule has 0 saturated heterocycles. The lowest BCUT2D eigenvalue weighted by atomic mass is 9.83. The van der Waals surface area contributed by atoms with Gasteiger partial charge in [0.1, 0.15) is 0 Å². The van der Waals surface area contributed by atoms with Gasteiger partial charge in [-0.1, -0.05) is 60.7 Å². The molecule has 3 aromatic carbocycles. The molecule has 0 N–H and O–H groups in total. The molecule has 0 atom stereocenters. The minimum absolute atomic E-state index is 1.16. The summed E-state index contributed by atoms with van der Waals surface area (Å²) in [5.41, 5.74) is 5.86. The van der Waals surface area contributed by atoms with Crippen LogP contribution < -0.4 is 0 Å². The molecule has 0 radical (unpaired) electrons. The molecule has 4 rings (SSSR count). The van der Waals surface area contributed by atoms with Crippen molar-refractivity contribution in [2.75, 3.05) is 0 Å². The van der Waals surface area contributed by atoms with Crippen molar-refractivity contribution in [3.63, 3.8) is 0 Å². The fourth-order valence-electron chi connectivity index (χ4n) is 3.09. The predicted molar refractivity (Wildman–Crippen MR) is 76.8 cm³/mol. The highest BCUT2D eigenvalue weighted by Crippen LogP contribution is 2.38. The van der Waals surface area contributed by atoms with E-state index in [9.17, 15) is 0 Å². The Bertz CT molecular complexity index is 738. The minimum atomic E-state index is 1.16. The van der Waals surface area contributed by atoms with E-state index in [2.05, 4.69) is 60.7 Å². The number of benzene rings is 3. The van der Waals surface area contributed by atoms with Gasteiger partial charge < -0.3 is 0 Å². The molecule has 0 heteroatoms. The number of hydrogen-bond acceptors (Lipinski definition) is 0. The summed E-state index contributed by atoms with van der Waals surface area (Å²) in [5.74, 6) is 0. The molecule has 0 unspecified atom stereocenters. The molecule has 0 nitrogen and oxygen atoms in total. The molecule has 1 aliphatic carbocycles. The van der Waals surface area contributed by atoms with Crippen molar-refractivity contribution in [3.05, 3.63) is 71.8 Å². The van der Waals surface area contributed by atoms with Crippen LogP contribution in [0.4, 0.5) is 0 Å². The molecule has 0 spiro atoms. The Morgan fingerprint density at radius 2 is 1.39 bits per heavy atom. The van der Waals surface area contributed by atoms with Crippen molar-refractivity contribution in [3.8, 4) is 11.1 Å². The highest BCUT2D eigenvalue weighted by molar-refractivity contribution is 5.99. The van der Waals surface area contributed by atoms with Crippen LogP contribution in [0.25, 0.3) is 21.9 Å². The minimum Gasteiger partial charge on any atom is -0.0620 e. The van der Waals surface area contributed by atoms with E-state index in [1.807, 2.05) is 0 Å². The molecular formula is C18H14. The van der Waals surface area contributed by atoms with E-state index < -0.39 is 0 Å². The summed E-state index contributed by atoms with van der Waals surface area (Å²) < 4.78 is 0. The molecule has 0 bridgehead atoms. The topological polar surface area (TPSA) is 0 Å². The molecule has 0 amide bonds. The Morgan fingerprint density at radius 3 is 2.39 bits per heavy atom. The van der Waals surface area contributed by atoms with Gasteiger partial charge in [-0.15, -0.1) is 0 Å². The molecule has 0 aliphatic heterocycles. The first kappa shape index (κ1) is 9.90. The van der Waals surface area contributed by atoms with Gasteiger partial charge in [-0.2, -0.15) is 0 Å². The van der Waals surface area contributed by atoms with Crippen LogP contribution in [0, 0.1) is 0 Å². The number of hydrogen-bond donors (Lipinski definition) is 0. The fourth-order valence-corrected chi connectivity index (χ4v) is 3.09. The van der Waals surface area contributed by atoms with Crippen LogP contribution in [0.1, 0.15) is 11.1 Å².